The van der Waals surface area contributed by atoms with Crippen molar-refractivity contribution in [1.82, 2.24) is 25.1 Å². The van der Waals surface area contributed by atoms with Gasteiger partial charge in [-0.15, -0.1) is 0 Å². The van der Waals surface area contributed by atoms with Gasteiger partial charge in [-0.3, -0.25) is 5.10 Å². The lowest BCUT2D eigenvalue weighted by atomic mass is 10.1. The van der Waals surface area contributed by atoms with Crippen LogP contribution in [0.15, 0.2) is 6.20 Å². The van der Waals surface area contributed by atoms with Crippen molar-refractivity contribution >= 4 is 22.8 Å². The monoisotopic (exact) mass is 275 g/mol. The minimum absolute atomic E-state index is 0.546. The third-order valence-electron chi connectivity index (χ3n) is 4.05. The van der Waals surface area contributed by atoms with Crippen molar-refractivity contribution < 1.29 is 0 Å². The van der Waals surface area contributed by atoms with E-state index in [9.17, 15) is 0 Å². The van der Waals surface area contributed by atoms with Gasteiger partial charge in [0.1, 0.15) is 5.82 Å². The lowest BCUT2D eigenvalue weighted by molar-refractivity contribution is 0.266. The van der Waals surface area contributed by atoms with Gasteiger partial charge < -0.3 is 15.1 Å². The number of anilines is 2. The molecule has 1 saturated heterocycles. The first-order valence-electron chi connectivity index (χ1n) is 6.90. The van der Waals surface area contributed by atoms with Crippen LogP contribution in [-0.4, -0.2) is 65.3 Å². The molecule has 0 spiro atoms. The first-order valence-corrected chi connectivity index (χ1v) is 6.90. The van der Waals surface area contributed by atoms with Crippen LogP contribution in [-0.2, 0) is 0 Å². The summed E-state index contributed by atoms with van der Waals surface area (Å²) in [6, 6.07) is 0.546. The van der Waals surface area contributed by atoms with Crippen LogP contribution in [0.2, 0.25) is 0 Å². The van der Waals surface area contributed by atoms with Gasteiger partial charge in [-0.05, 0) is 20.0 Å². The Balaban J connectivity index is 2.00. The maximum Gasteiger partial charge on any atom is 0.226 e. The highest BCUT2D eigenvalue weighted by Gasteiger charge is 2.32. The average molecular weight is 275 g/mol. The Labute approximate surface area is 118 Å². The van der Waals surface area contributed by atoms with E-state index in [-0.39, 0.29) is 0 Å². The fourth-order valence-electron chi connectivity index (χ4n) is 2.97. The summed E-state index contributed by atoms with van der Waals surface area (Å²) in [7, 11) is 6.10. The van der Waals surface area contributed by atoms with E-state index >= 15 is 0 Å². The first-order chi connectivity index (χ1) is 9.60. The van der Waals surface area contributed by atoms with E-state index in [1.807, 2.05) is 7.05 Å². The van der Waals surface area contributed by atoms with Gasteiger partial charge >= 0.3 is 0 Å². The predicted octanol–water partition coefficient (Wildman–Crippen LogP) is 0.781. The highest BCUT2D eigenvalue weighted by Crippen LogP contribution is 2.30. The van der Waals surface area contributed by atoms with Crippen molar-refractivity contribution in [3.05, 3.63) is 6.20 Å². The second-order valence-electron chi connectivity index (χ2n) is 5.67. The lowest BCUT2D eigenvalue weighted by Gasteiger charge is -2.22. The van der Waals surface area contributed by atoms with Crippen LogP contribution in [0.5, 0.6) is 0 Å². The molecule has 2 aromatic rings. The molecule has 1 fully saturated rings. The summed E-state index contributed by atoms with van der Waals surface area (Å²) >= 11 is 0. The lowest BCUT2D eigenvalue weighted by Crippen LogP contribution is -2.34. The normalized spacial score (nSPS) is 22.9. The number of aromatic nitrogens is 4. The standard InChI is InChI=1S/C13H21N7/c1-8-6-20(7-10(8)19(3)4)12-9-5-15-18-11(9)16-13(14-2)17-12/h5,8,10H,6-7H2,1-4H3,(H2,14,15,16,17,18). The van der Waals surface area contributed by atoms with E-state index in [1.165, 1.54) is 0 Å². The third-order valence-corrected chi connectivity index (χ3v) is 4.05. The second kappa shape index (κ2) is 4.90. The molecule has 7 nitrogen and oxygen atoms in total. The Morgan fingerprint density at radius 2 is 2.15 bits per heavy atom. The minimum Gasteiger partial charge on any atom is -0.357 e. The zero-order valence-corrected chi connectivity index (χ0v) is 12.4. The van der Waals surface area contributed by atoms with Gasteiger partial charge in [-0.1, -0.05) is 6.92 Å². The summed E-state index contributed by atoms with van der Waals surface area (Å²) in [5.74, 6) is 2.20. The minimum atomic E-state index is 0.546. The molecule has 2 aromatic heterocycles. The smallest absolute Gasteiger partial charge is 0.226 e. The number of nitrogens with zero attached hydrogens (tertiary/aromatic N) is 5. The molecule has 1 aliphatic heterocycles. The number of rotatable bonds is 3. The number of hydrogen-bond donors (Lipinski definition) is 2. The van der Waals surface area contributed by atoms with Crippen molar-refractivity contribution in [3.8, 4) is 0 Å². The number of H-pyrrole nitrogens is 1. The number of aromatic amines is 1. The summed E-state index contributed by atoms with van der Waals surface area (Å²) < 4.78 is 0. The average Bonchev–Trinajstić information content (AvgIpc) is 3.03. The van der Waals surface area contributed by atoms with Crippen LogP contribution >= 0.6 is 0 Å². The molecule has 0 saturated carbocycles. The Morgan fingerprint density at radius 1 is 1.35 bits per heavy atom. The van der Waals surface area contributed by atoms with E-state index in [0.717, 1.165) is 29.9 Å². The van der Waals surface area contributed by atoms with Crippen molar-refractivity contribution in [2.24, 2.45) is 5.92 Å². The van der Waals surface area contributed by atoms with Gasteiger partial charge in [0.2, 0.25) is 5.95 Å². The Bertz CT molecular complexity index is 606. The summed E-state index contributed by atoms with van der Waals surface area (Å²) in [5.41, 5.74) is 0.778. The second-order valence-corrected chi connectivity index (χ2v) is 5.67. The highest BCUT2D eigenvalue weighted by molar-refractivity contribution is 5.87. The van der Waals surface area contributed by atoms with Gasteiger partial charge in [0.25, 0.3) is 0 Å². The van der Waals surface area contributed by atoms with Gasteiger partial charge in [0.15, 0.2) is 5.65 Å². The number of likely N-dealkylation sites (N-methyl/N-ethyl adjacent to an activating group) is 1. The Morgan fingerprint density at radius 3 is 2.80 bits per heavy atom. The van der Waals surface area contributed by atoms with E-state index in [1.54, 1.807) is 6.20 Å². The molecular formula is C13H21N7. The molecule has 3 heterocycles. The Kier molecular flexibility index (Phi) is 3.21. The summed E-state index contributed by atoms with van der Waals surface area (Å²) in [4.78, 5) is 13.6. The maximum absolute atomic E-state index is 4.63. The number of hydrogen-bond acceptors (Lipinski definition) is 6. The van der Waals surface area contributed by atoms with Gasteiger partial charge in [0, 0.05) is 26.2 Å². The molecule has 2 N–H and O–H groups in total. The number of fused-ring (bicyclic) bond motifs is 1. The molecule has 108 valence electrons. The van der Waals surface area contributed by atoms with Crippen LogP contribution in [0.3, 0.4) is 0 Å². The SMILES string of the molecule is CNc1nc(N2CC(C)C(N(C)C)C2)c2cn[nH]c2n1. The van der Waals surface area contributed by atoms with Crippen LogP contribution in [0.25, 0.3) is 11.0 Å². The molecular weight excluding hydrogens is 254 g/mol. The van der Waals surface area contributed by atoms with Crippen LogP contribution in [0, 0.1) is 5.92 Å². The summed E-state index contributed by atoms with van der Waals surface area (Å²) in [6.45, 7) is 4.27. The topological polar surface area (TPSA) is 73.0 Å². The molecule has 0 aliphatic carbocycles. The Hall–Kier alpha value is -1.89. The largest absolute Gasteiger partial charge is 0.357 e. The van der Waals surface area contributed by atoms with E-state index in [4.69, 9.17) is 0 Å². The van der Waals surface area contributed by atoms with E-state index < -0.39 is 0 Å². The van der Waals surface area contributed by atoms with E-state index in [0.29, 0.717) is 17.9 Å². The maximum atomic E-state index is 4.63. The number of nitrogens with one attached hydrogen (secondary N) is 2. The zero-order valence-electron chi connectivity index (χ0n) is 12.4. The molecule has 0 aromatic carbocycles. The first kappa shape index (κ1) is 13.1. The third kappa shape index (κ3) is 2.07. The van der Waals surface area contributed by atoms with E-state index in [2.05, 4.69) is 56.3 Å². The quantitative estimate of drug-likeness (QED) is 0.862. The fourth-order valence-corrected chi connectivity index (χ4v) is 2.97. The van der Waals surface area contributed by atoms with Crippen LogP contribution in [0.4, 0.5) is 11.8 Å². The molecule has 0 amide bonds. The van der Waals surface area contributed by atoms with Crippen LogP contribution in [0.1, 0.15) is 6.92 Å². The zero-order chi connectivity index (χ0) is 14.3. The molecule has 2 unspecified atom stereocenters. The molecule has 0 bridgehead atoms. The summed E-state index contributed by atoms with van der Waals surface area (Å²) in [6.07, 6.45) is 1.80. The molecule has 1 aliphatic rings. The molecule has 3 rings (SSSR count). The van der Waals surface area contributed by atoms with Crippen molar-refractivity contribution in [1.29, 1.82) is 0 Å². The van der Waals surface area contributed by atoms with Crippen LogP contribution < -0.4 is 10.2 Å². The molecule has 20 heavy (non-hydrogen) atoms. The van der Waals surface area contributed by atoms with Gasteiger partial charge in [-0.25, -0.2) is 0 Å². The van der Waals surface area contributed by atoms with Crippen molar-refractivity contribution in [2.75, 3.05) is 44.4 Å². The highest BCUT2D eigenvalue weighted by atomic mass is 15.3. The van der Waals surface area contributed by atoms with Gasteiger partial charge in [-0.2, -0.15) is 15.1 Å². The molecule has 7 heteroatoms. The molecule has 2 atom stereocenters. The van der Waals surface area contributed by atoms with Gasteiger partial charge in [0.05, 0.1) is 11.6 Å². The predicted molar refractivity (Wildman–Crippen MR) is 80.1 cm³/mol. The summed E-state index contributed by atoms with van der Waals surface area (Å²) in [5, 5.41) is 11.0. The fraction of sp³-hybridized carbons (Fsp3) is 0.615. The molecule has 0 radical (unpaired) electrons. The van der Waals surface area contributed by atoms with Crippen molar-refractivity contribution in [3.63, 3.8) is 0 Å². The van der Waals surface area contributed by atoms with Crippen molar-refractivity contribution in [2.45, 2.75) is 13.0 Å².